The summed E-state index contributed by atoms with van der Waals surface area (Å²) >= 11 is 0. The summed E-state index contributed by atoms with van der Waals surface area (Å²) < 4.78 is 32.5. The van der Waals surface area contributed by atoms with E-state index in [4.69, 9.17) is 10.5 Å². The molecule has 1 spiro atoms. The molecule has 2 aliphatic rings. The lowest BCUT2D eigenvalue weighted by atomic mass is 9.53. The Morgan fingerprint density at radius 3 is 2.76 bits per heavy atom. The number of pyridine rings is 2. The predicted molar refractivity (Wildman–Crippen MR) is 119 cm³/mol. The maximum atomic E-state index is 12.8. The zero-order valence-electron chi connectivity index (χ0n) is 18.4. The van der Waals surface area contributed by atoms with Gasteiger partial charge in [-0.15, -0.1) is 0 Å². The van der Waals surface area contributed by atoms with E-state index in [9.17, 15) is 18.4 Å². The van der Waals surface area contributed by atoms with Crippen LogP contribution in [0.5, 0.6) is 5.88 Å². The van der Waals surface area contributed by atoms with Gasteiger partial charge in [-0.3, -0.25) is 14.0 Å². The molecule has 0 aromatic carbocycles. The minimum absolute atomic E-state index is 0.0253. The van der Waals surface area contributed by atoms with Crippen molar-refractivity contribution in [1.82, 2.24) is 19.7 Å². The lowest BCUT2D eigenvalue weighted by Crippen LogP contribution is -2.58. The molecule has 0 atom stereocenters. The molecule has 0 aliphatic heterocycles. The smallest absolute Gasteiger partial charge is 0.270 e. The Bertz CT molecular complexity index is 1230. The van der Waals surface area contributed by atoms with Crippen molar-refractivity contribution in [3.63, 3.8) is 0 Å². The van der Waals surface area contributed by atoms with Crippen molar-refractivity contribution in [3.05, 3.63) is 59.7 Å². The van der Waals surface area contributed by atoms with Gasteiger partial charge in [0.1, 0.15) is 23.0 Å². The van der Waals surface area contributed by atoms with Crippen molar-refractivity contribution in [2.75, 3.05) is 0 Å². The maximum Gasteiger partial charge on any atom is 0.270 e. The minimum Gasteiger partial charge on any atom is -0.474 e. The number of nitrogens with zero attached hydrogens (tertiary/aromatic N) is 3. The summed E-state index contributed by atoms with van der Waals surface area (Å²) in [5.74, 6) is -0.510. The Kier molecular flexibility index (Phi) is 5.66. The number of aryl methyl sites for hydroxylation is 1. The first-order valence-electron chi connectivity index (χ1n) is 11.3. The molecule has 0 bridgehead atoms. The molecule has 3 aromatic rings. The number of primary amides is 1. The number of ether oxygens (including phenoxy) is 1. The second kappa shape index (κ2) is 8.66. The van der Waals surface area contributed by atoms with Gasteiger partial charge in [0.05, 0.1) is 6.20 Å². The average Bonchev–Trinajstić information content (AvgIpc) is 3.18. The van der Waals surface area contributed by atoms with Crippen LogP contribution in [0.2, 0.25) is 0 Å². The predicted octanol–water partition coefficient (Wildman–Crippen LogP) is 3.15. The molecule has 0 radical (unpaired) electrons. The number of hydrogen-bond donors (Lipinski definition) is 2. The second-order valence-corrected chi connectivity index (χ2v) is 9.28. The van der Waals surface area contributed by atoms with Crippen LogP contribution < -0.4 is 15.8 Å². The summed E-state index contributed by atoms with van der Waals surface area (Å²) in [4.78, 5) is 32.7. The molecule has 2 amide bonds. The molecule has 178 valence electrons. The average molecular weight is 469 g/mol. The lowest BCUT2D eigenvalue weighted by molar-refractivity contribution is -0.0848. The number of alkyl halides is 2. The third kappa shape index (κ3) is 4.32. The van der Waals surface area contributed by atoms with Crippen LogP contribution in [0.25, 0.3) is 5.65 Å². The van der Waals surface area contributed by atoms with Crippen LogP contribution in [0.4, 0.5) is 8.78 Å². The topological polar surface area (TPSA) is 112 Å². The fourth-order valence-electron chi connectivity index (χ4n) is 5.12. The van der Waals surface area contributed by atoms with Crippen molar-refractivity contribution in [2.45, 2.75) is 57.1 Å². The number of aromatic nitrogens is 3. The molecular weight excluding hydrogens is 444 g/mol. The molecule has 2 aliphatic carbocycles. The highest BCUT2D eigenvalue weighted by molar-refractivity contribution is 5.95. The molecule has 34 heavy (non-hydrogen) atoms. The van der Waals surface area contributed by atoms with Crippen LogP contribution in [-0.4, -0.2) is 44.8 Å². The molecule has 3 heterocycles. The van der Waals surface area contributed by atoms with E-state index >= 15 is 0 Å². The van der Waals surface area contributed by atoms with E-state index in [1.807, 2.05) is 0 Å². The quantitative estimate of drug-likeness (QED) is 0.527. The van der Waals surface area contributed by atoms with Gasteiger partial charge in [0.25, 0.3) is 11.8 Å². The third-order valence-corrected chi connectivity index (χ3v) is 6.79. The van der Waals surface area contributed by atoms with E-state index in [-0.39, 0.29) is 47.8 Å². The standard InChI is InChI=1S/C24H25F2N5O3/c25-19(26)4-3-14-5-7-31-18(13-29-20(31)8-14)22(33)30-15-9-24(10-15)11-16(12-24)34-23-17(21(27)32)2-1-6-28-23/h1-2,5-8,13,15-16,19H,3-4,9-12H2,(H2,27,32)(H,30,33). The zero-order chi connectivity index (χ0) is 23.9. The first kappa shape index (κ1) is 22.2. The Balaban J connectivity index is 1.13. The summed E-state index contributed by atoms with van der Waals surface area (Å²) in [6.45, 7) is 0. The highest BCUT2D eigenvalue weighted by Gasteiger charge is 2.54. The van der Waals surface area contributed by atoms with Crippen molar-refractivity contribution >= 4 is 17.5 Å². The Labute approximate surface area is 194 Å². The van der Waals surface area contributed by atoms with Crippen LogP contribution >= 0.6 is 0 Å². The van der Waals surface area contributed by atoms with Gasteiger partial charge < -0.3 is 15.8 Å². The van der Waals surface area contributed by atoms with Crippen molar-refractivity contribution in [1.29, 1.82) is 0 Å². The monoisotopic (exact) mass is 469 g/mol. The molecule has 3 aromatic heterocycles. The number of halogens is 2. The van der Waals surface area contributed by atoms with Crippen LogP contribution in [0.1, 0.15) is 58.5 Å². The van der Waals surface area contributed by atoms with Gasteiger partial charge in [-0.1, -0.05) is 0 Å². The van der Waals surface area contributed by atoms with E-state index in [1.54, 1.807) is 41.1 Å². The number of imidazole rings is 1. The SMILES string of the molecule is NC(=O)c1cccnc1OC1CC2(CC(NC(=O)c3cnc4cc(CCC(F)F)ccn34)C2)C1. The van der Waals surface area contributed by atoms with Gasteiger partial charge >= 0.3 is 0 Å². The van der Waals surface area contributed by atoms with E-state index in [1.165, 1.54) is 6.20 Å². The van der Waals surface area contributed by atoms with Gasteiger partial charge in [0.2, 0.25) is 12.3 Å². The van der Waals surface area contributed by atoms with Crippen molar-refractivity contribution in [2.24, 2.45) is 11.1 Å². The van der Waals surface area contributed by atoms with E-state index in [0.717, 1.165) is 31.2 Å². The number of carbonyl (C=O) groups is 2. The second-order valence-electron chi connectivity index (χ2n) is 9.28. The number of amides is 2. The number of rotatable bonds is 8. The van der Waals surface area contributed by atoms with Crippen LogP contribution in [0, 0.1) is 5.41 Å². The van der Waals surface area contributed by atoms with Gasteiger partial charge in [-0.25, -0.2) is 18.7 Å². The first-order valence-corrected chi connectivity index (χ1v) is 11.3. The van der Waals surface area contributed by atoms with Gasteiger partial charge in [0, 0.05) is 24.9 Å². The molecule has 0 saturated heterocycles. The maximum absolute atomic E-state index is 12.8. The van der Waals surface area contributed by atoms with Crippen LogP contribution in [0.15, 0.2) is 42.9 Å². The molecule has 2 saturated carbocycles. The zero-order valence-corrected chi connectivity index (χ0v) is 18.4. The van der Waals surface area contributed by atoms with Crippen LogP contribution in [0.3, 0.4) is 0 Å². The number of hydrogen-bond acceptors (Lipinski definition) is 5. The molecular formula is C24H25F2N5O3. The molecule has 0 unspecified atom stereocenters. The molecule has 2 fully saturated rings. The Hall–Kier alpha value is -3.56. The minimum atomic E-state index is -2.34. The fourth-order valence-corrected chi connectivity index (χ4v) is 5.12. The Morgan fingerprint density at radius 1 is 1.24 bits per heavy atom. The normalized spacial score (nSPS) is 23.5. The number of nitrogens with two attached hydrogens (primary N) is 1. The lowest BCUT2D eigenvalue weighted by Gasteiger charge is -2.57. The largest absolute Gasteiger partial charge is 0.474 e. The molecule has 8 nitrogen and oxygen atoms in total. The van der Waals surface area contributed by atoms with E-state index < -0.39 is 12.3 Å². The summed E-state index contributed by atoms with van der Waals surface area (Å²) in [5, 5.41) is 3.06. The highest BCUT2D eigenvalue weighted by atomic mass is 19.3. The summed E-state index contributed by atoms with van der Waals surface area (Å²) in [6, 6.07) is 6.78. The summed E-state index contributed by atoms with van der Waals surface area (Å²) in [7, 11) is 0. The van der Waals surface area contributed by atoms with Crippen molar-refractivity contribution in [3.8, 4) is 5.88 Å². The third-order valence-electron chi connectivity index (χ3n) is 6.79. The van der Waals surface area contributed by atoms with E-state index in [2.05, 4.69) is 15.3 Å². The number of fused-ring (bicyclic) bond motifs is 1. The van der Waals surface area contributed by atoms with Gasteiger partial charge in [-0.2, -0.15) is 0 Å². The van der Waals surface area contributed by atoms with Gasteiger partial charge in [0.15, 0.2) is 0 Å². The molecule has 10 heteroatoms. The first-order chi connectivity index (χ1) is 16.3. The Morgan fingerprint density at radius 2 is 2.03 bits per heavy atom. The fraction of sp³-hybridized carbons (Fsp3) is 0.417. The number of nitrogens with one attached hydrogen (secondary N) is 1. The highest BCUT2D eigenvalue weighted by Crippen LogP contribution is 2.56. The van der Waals surface area contributed by atoms with E-state index in [0.29, 0.717) is 11.3 Å². The number of carbonyl (C=O) groups excluding carboxylic acids is 2. The summed E-state index contributed by atoms with van der Waals surface area (Å²) in [6.07, 6.45) is 5.86. The molecule has 3 N–H and O–H groups in total. The van der Waals surface area contributed by atoms with Gasteiger partial charge in [-0.05, 0) is 67.3 Å². The summed E-state index contributed by atoms with van der Waals surface area (Å²) in [5.41, 5.74) is 7.54. The van der Waals surface area contributed by atoms with Crippen molar-refractivity contribution < 1.29 is 23.1 Å². The molecule has 5 rings (SSSR count). The van der Waals surface area contributed by atoms with Crippen LogP contribution in [-0.2, 0) is 6.42 Å².